The number of nitrogens with zero attached hydrogens (tertiary/aromatic N) is 1. The zero-order valence-electron chi connectivity index (χ0n) is 14.6. The number of aryl methyl sites for hydroxylation is 1. The molecule has 3 aromatic rings. The van der Waals surface area contributed by atoms with E-state index in [1.54, 1.807) is 0 Å². The predicted octanol–water partition coefficient (Wildman–Crippen LogP) is 4.95. The van der Waals surface area contributed by atoms with E-state index in [-0.39, 0.29) is 5.56 Å². The van der Waals surface area contributed by atoms with E-state index < -0.39 is 0 Å². The number of aromatic nitrogens is 1. The van der Waals surface area contributed by atoms with Gasteiger partial charge in [0.25, 0.3) is 5.56 Å². The molecule has 0 aliphatic rings. The molecule has 124 valence electrons. The van der Waals surface area contributed by atoms with E-state index in [0.717, 1.165) is 36.5 Å². The largest absolute Gasteiger partial charge is 0.307 e. The van der Waals surface area contributed by atoms with Crippen molar-refractivity contribution in [2.24, 2.45) is 0 Å². The molecule has 0 amide bonds. The van der Waals surface area contributed by atoms with Gasteiger partial charge in [0.05, 0.1) is 6.54 Å². The normalized spacial score (nSPS) is 11.1. The summed E-state index contributed by atoms with van der Waals surface area (Å²) in [7, 11) is 0. The number of hydrogen-bond acceptors (Lipinski definition) is 1. The first-order chi connectivity index (χ1) is 11.8. The van der Waals surface area contributed by atoms with Crippen LogP contribution in [0.1, 0.15) is 43.5 Å². The molecule has 24 heavy (non-hydrogen) atoms. The van der Waals surface area contributed by atoms with Gasteiger partial charge in [-0.05, 0) is 35.4 Å². The van der Waals surface area contributed by atoms with E-state index in [0.29, 0.717) is 6.54 Å². The van der Waals surface area contributed by atoms with Gasteiger partial charge in [0, 0.05) is 11.1 Å². The Bertz CT molecular complexity index is 878. The summed E-state index contributed by atoms with van der Waals surface area (Å²) in [4.78, 5) is 13.1. The van der Waals surface area contributed by atoms with Crippen LogP contribution >= 0.6 is 0 Å². The summed E-state index contributed by atoms with van der Waals surface area (Å²) in [5.41, 5.74) is 3.88. The first-order valence-corrected chi connectivity index (χ1v) is 8.93. The van der Waals surface area contributed by atoms with Crippen molar-refractivity contribution in [2.45, 2.75) is 46.1 Å². The van der Waals surface area contributed by atoms with Crippen molar-refractivity contribution in [3.05, 3.63) is 81.8 Å². The fourth-order valence-corrected chi connectivity index (χ4v) is 3.50. The minimum absolute atomic E-state index is 0.137. The van der Waals surface area contributed by atoms with Crippen LogP contribution in [-0.2, 0) is 19.4 Å². The van der Waals surface area contributed by atoms with Crippen LogP contribution in [0.25, 0.3) is 10.8 Å². The molecule has 0 bridgehead atoms. The Hall–Kier alpha value is -2.35. The molecule has 0 unspecified atom stereocenters. The molecule has 2 heteroatoms. The lowest BCUT2D eigenvalue weighted by Crippen LogP contribution is -2.26. The molecule has 0 aliphatic heterocycles. The maximum atomic E-state index is 13.1. The molecule has 0 spiro atoms. The Balaban J connectivity index is 2.27. The van der Waals surface area contributed by atoms with Crippen LogP contribution in [0.2, 0.25) is 0 Å². The molecule has 0 radical (unpaired) electrons. The quantitative estimate of drug-likeness (QED) is 0.630. The van der Waals surface area contributed by atoms with Crippen molar-refractivity contribution in [2.75, 3.05) is 0 Å². The summed E-state index contributed by atoms with van der Waals surface area (Å²) in [6.45, 7) is 5.04. The predicted molar refractivity (Wildman–Crippen MR) is 102 cm³/mol. The molecular weight excluding hydrogens is 294 g/mol. The highest BCUT2D eigenvalue weighted by atomic mass is 16.1. The third-order valence-corrected chi connectivity index (χ3v) is 4.57. The van der Waals surface area contributed by atoms with Crippen molar-refractivity contribution in [3.8, 4) is 0 Å². The summed E-state index contributed by atoms with van der Waals surface area (Å²) < 4.78 is 2.01. The molecule has 1 heterocycles. The molecule has 0 saturated heterocycles. The van der Waals surface area contributed by atoms with Gasteiger partial charge in [-0.15, -0.1) is 0 Å². The Morgan fingerprint density at radius 1 is 0.792 bits per heavy atom. The minimum atomic E-state index is 0.137. The number of pyridine rings is 1. The Kier molecular flexibility index (Phi) is 5.14. The summed E-state index contributed by atoms with van der Waals surface area (Å²) in [6, 6.07) is 18.4. The van der Waals surface area contributed by atoms with E-state index in [1.807, 2.05) is 41.0 Å². The summed E-state index contributed by atoms with van der Waals surface area (Å²) in [5.74, 6) is 0. The molecule has 3 rings (SSSR count). The van der Waals surface area contributed by atoms with Crippen LogP contribution in [0.3, 0.4) is 0 Å². The average molecular weight is 319 g/mol. The molecule has 0 aliphatic carbocycles. The smallest absolute Gasteiger partial charge is 0.258 e. The SMILES string of the molecule is CCCc1c(CCC)n(Cc2ccccc2)c(=O)c2ccccc12. The lowest BCUT2D eigenvalue weighted by atomic mass is 9.97. The summed E-state index contributed by atoms with van der Waals surface area (Å²) >= 11 is 0. The lowest BCUT2D eigenvalue weighted by Gasteiger charge is -2.19. The molecule has 1 aromatic heterocycles. The Morgan fingerprint density at radius 2 is 1.42 bits per heavy atom. The molecular formula is C22H25NO. The van der Waals surface area contributed by atoms with Crippen molar-refractivity contribution < 1.29 is 0 Å². The zero-order valence-corrected chi connectivity index (χ0v) is 14.6. The van der Waals surface area contributed by atoms with Gasteiger partial charge in [0.15, 0.2) is 0 Å². The van der Waals surface area contributed by atoms with Gasteiger partial charge in [-0.1, -0.05) is 75.2 Å². The molecule has 0 fully saturated rings. The lowest BCUT2D eigenvalue weighted by molar-refractivity contribution is 0.678. The van der Waals surface area contributed by atoms with E-state index >= 15 is 0 Å². The van der Waals surface area contributed by atoms with Crippen molar-refractivity contribution >= 4 is 10.8 Å². The van der Waals surface area contributed by atoms with E-state index in [1.165, 1.54) is 16.8 Å². The molecule has 2 aromatic carbocycles. The standard InChI is InChI=1S/C22H25NO/c1-3-10-19-18-14-8-9-15-20(18)22(24)23(21(19)11-4-2)16-17-12-6-5-7-13-17/h5-9,12-15H,3-4,10-11,16H2,1-2H3. The fourth-order valence-electron chi connectivity index (χ4n) is 3.50. The van der Waals surface area contributed by atoms with Crippen LogP contribution in [-0.4, -0.2) is 4.57 Å². The Morgan fingerprint density at radius 3 is 2.08 bits per heavy atom. The number of hydrogen-bond donors (Lipinski definition) is 0. The van der Waals surface area contributed by atoms with Crippen LogP contribution in [0.4, 0.5) is 0 Å². The van der Waals surface area contributed by atoms with Gasteiger partial charge < -0.3 is 4.57 Å². The first kappa shape index (κ1) is 16.5. The van der Waals surface area contributed by atoms with Crippen molar-refractivity contribution in [1.82, 2.24) is 4.57 Å². The maximum absolute atomic E-state index is 13.1. The third-order valence-electron chi connectivity index (χ3n) is 4.57. The highest BCUT2D eigenvalue weighted by Crippen LogP contribution is 2.23. The first-order valence-electron chi connectivity index (χ1n) is 8.93. The van der Waals surface area contributed by atoms with Crippen molar-refractivity contribution in [3.63, 3.8) is 0 Å². The zero-order chi connectivity index (χ0) is 16.9. The fraction of sp³-hybridized carbons (Fsp3) is 0.318. The van der Waals surface area contributed by atoms with E-state index in [2.05, 4.69) is 32.0 Å². The average Bonchev–Trinajstić information content (AvgIpc) is 2.62. The van der Waals surface area contributed by atoms with Gasteiger partial charge in [-0.3, -0.25) is 4.79 Å². The van der Waals surface area contributed by atoms with Crippen LogP contribution in [0.5, 0.6) is 0 Å². The number of fused-ring (bicyclic) bond motifs is 1. The molecule has 2 nitrogen and oxygen atoms in total. The monoisotopic (exact) mass is 319 g/mol. The van der Waals surface area contributed by atoms with Gasteiger partial charge in [0.2, 0.25) is 0 Å². The van der Waals surface area contributed by atoms with Gasteiger partial charge >= 0.3 is 0 Å². The van der Waals surface area contributed by atoms with E-state index in [9.17, 15) is 4.79 Å². The van der Waals surface area contributed by atoms with Crippen LogP contribution < -0.4 is 5.56 Å². The highest BCUT2D eigenvalue weighted by molar-refractivity contribution is 5.85. The second-order valence-corrected chi connectivity index (χ2v) is 6.35. The molecule has 0 N–H and O–H groups in total. The van der Waals surface area contributed by atoms with Crippen molar-refractivity contribution in [1.29, 1.82) is 0 Å². The van der Waals surface area contributed by atoms with E-state index in [4.69, 9.17) is 0 Å². The molecule has 0 saturated carbocycles. The van der Waals surface area contributed by atoms with Crippen LogP contribution in [0.15, 0.2) is 59.4 Å². The number of rotatable bonds is 6. The summed E-state index contributed by atoms with van der Waals surface area (Å²) in [5, 5.41) is 1.98. The molecule has 0 atom stereocenters. The second-order valence-electron chi connectivity index (χ2n) is 6.35. The number of benzene rings is 2. The minimum Gasteiger partial charge on any atom is -0.307 e. The van der Waals surface area contributed by atoms with Gasteiger partial charge in [-0.2, -0.15) is 0 Å². The maximum Gasteiger partial charge on any atom is 0.258 e. The third kappa shape index (κ3) is 3.14. The Labute approximate surface area is 143 Å². The van der Waals surface area contributed by atoms with Gasteiger partial charge in [0.1, 0.15) is 0 Å². The summed E-state index contributed by atoms with van der Waals surface area (Å²) in [6.07, 6.45) is 4.10. The second kappa shape index (κ2) is 7.48. The topological polar surface area (TPSA) is 22.0 Å². The highest BCUT2D eigenvalue weighted by Gasteiger charge is 2.15. The van der Waals surface area contributed by atoms with Gasteiger partial charge in [-0.25, -0.2) is 0 Å². The van der Waals surface area contributed by atoms with Crippen LogP contribution in [0, 0.1) is 0 Å².